The molecule has 0 aromatic carbocycles. The lowest BCUT2D eigenvalue weighted by Crippen LogP contribution is -2.36. The van der Waals surface area contributed by atoms with E-state index < -0.39 is 10.0 Å². The van der Waals surface area contributed by atoms with Crippen LogP contribution in [0, 0.1) is 0 Å². The van der Waals surface area contributed by atoms with Crippen LogP contribution in [-0.2, 0) is 10.0 Å². The third kappa shape index (κ3) is 12.1. The summed E-state index contributed by atoms with van der Waals surface area (Å²) in [6, 6.07) is 0.420. The van der Waals surface area contributed by atoms with Gasteiger partial charge in [-0.15, -0.1) is 0 Å². The van der Waals surface area contributed by atoms with Crippen LogP contribution in [-0.4, -0.2) is 57.3 Å². The van der Waals surface area contributed by atoms with Crippen LogP contribution in [0.3, 0.4) is 0 Å². The second-order valence-electron chi connectivity index (χ2n) is 5.97. The maximum Gasteiger partial charge on any atom is 0.211 e. The number of rotatable bonds is 13. The fourth-order valence-electron chi connectivity index (χ4n) is 2.24. The van der Waals surface area contributed by atoms with Crippen molar-refractivity contribution in [2.24, 2.45) is 0 Å². The van der Waals surface area contributed by atoms with E-state index in [0.29, 0.717) is 12.5 Å². The molecule has 6 heteroatoms. The van der Waals surface area contributed by atoms with E-state index in [1.807, 2.05) is 6.92 Å². The van der Waals surface area contributed by atoms with Crippen molar-refractivity contribution in [1.29, 1.82) is 0 Å². The summed E-state index contributed by atoms with van der Waals surface area (Å²) < 4.78 is 26.7. The molecule has 0 bridgehead atoms. The summed E-state index contributed by atoms with van der Waals surface area (Å²) in [5.41, 5.74) is 0. The SMILES string of the molecule is CCN(CC)CCCC(C)NS(=O)(=O)CCCNC(C)C. The molecule has 0 amide bonds. The summed E-state index contributed by atoms with van der Waals surface area (Å²) in [4.78, 5) is 2.36. The van der Waals surface area contributed by atoms with Crippen LogP contribution in [0.2, 0.25) is 0 Å². The maximum atomic E-state index is 11.9. The molecule has 0 saturated heterocycles. The number of hydrogen-bond acceptors (Lipinski definition) is 4. The number of nitrogens with one attached hydrogen (secondary N) is 2. The lowest BCUT2D eigenvalue weighted by Gasteiger charge is -2.19. The fourth-order valence-corrected chi connectivity index (χ4v) is 3.61. The average molecular weight is 322 g/mol. The minimum Gasteiger partial charge on any atom is -0.314 e. The normalized spacial score (nSPS) is 14.0. The average Bonchev–Trinajstić information content (AvgIpc) is 2.39. The monoisotopic (exact) mass is 321 g/mol. The van der Waals surface area contributed by atoms with Gasteiger partial charge in [-0.25, -0.2) is 13.1 Å². The predicted octanol–water partition coefficient (Wildman–Crippen LogP) is 1.80. The van der Waals surface area contributed by atoms with Crippen LogP contribution in [0.4, 0.5) is 0 Å². The van der Waals surface area contributed by atoms with Gasteiger partial charge in [-0.2, -0.15) is 0 Å². The molecule has 5 nitrogen and oxygen atoms in total. The van der Waals surface area contributed by atoms with Crippen LogP contribution < -0.4 is 10.0 Å². The zero-order valence-electron chi connectivity index (χ0n) is 14.5. The van der Waals surface area contributed by atoms with Gasteiger partial charge in [0, 0.05) is 12.1 Å². The van der Waals surface area contributed by atoms with Crippen molar-refractivity contribution in [3.8, 4) is 0 Å². The van der Waals surface area contributed by atoms with E-state index in [9.17, 15) is 8.42 Å². The molecule has 21 heavy (non-hydrogen) atoms. The van der Waals surface area contributed by atoms with E-state index >= 15 is 0 Å². The van der Waals surface area contributed by atoms with Gasteiger partial charge in [0.05, 0.1) is 5.75 Å². The Morgan fingerprint density at radius 2 is 1.67 bits per heavy atom. The van der Waals surface area contributed by atoms with Gasteiger partial charge in [-0.05, 0) is 52.4 Å². The summed E-state index contributed by atoms with van der Waals surface area (Å²) in [6.45, 7) is 14.3. The van der Waals surface area contributed by atoms with E-state index in [1.165, 1.54) is 0 Å². The van der Waals surface area contributed by atoms with Gasteiger partial charge in [0.15, 0.2) is 0 Å². The Hall–Kier alpha value is -0.170. The first-order chi connectivity index (χ1) is 9.80. The van der Waals surface area contributed by atoms with Gasteiger partial charge in [0.2, 0.25) is 10.0 Å². The Labute approximate surface area is 131 Å². The summed E-state index contributed by atoms with van der Waals surface area (Å²) in [7, 11) is -3.14. The fraction of sp³-hybridized carbons (Fsp3) is 1.00. The Kier molecular flexibility index (Phi) is 11.3. The summed E-state index contributed by atoms with van der Waals surface area (Å²) in [6.07, 6.45) is 2.57. The van der Waals surface area contributed by atoms with Gasteiger partial charge in [0.25, 0.3) is 0 Å². The molecule has 1 unspecified atom stereocenters. The Morgan fingerprint density at radius 3 is 2.19 bits per heavy atom. The quantitative estimate of drug-likeness (QED) is 0.508. The number of nitrogens with zero attached hydrogens (tertiary/aromatic N) is 1. The van der Waals surface area contributed by atoms with Crippen LogP contribution in [0.15, 0.2) is 0 Å². The molecule has 1 atom stereocenters. The predicted molar refractivity (Wildman–Crippen MR) is 91.2 cm³/mol. The topological polar surface area (TPSA) is 61.4 Å². The molecule has 0 aromatic rings. The van der Waals surface area contributed by atoms with E-state index in [0.717, 1.165) is 39.0 Å². The van der Waals surface area contributed by atoms with Crippen LogP contribution in [0.5, 0.6) is 0 Å². The lowest BCUT2D eigenvalue weighted by atomic mass is 10.2. The molecule has 0 spiro atoms. The minimum atomic E-state index is -3.14. The molecule has 0 aliphatic rings. The first-order valence-corrected chi connectivity index (χ1v) is 9.91. The zero-order chi connectivity index (χ0) is 16.3. The van der Waals surface area contributed by atoms with Crippen LogP contribution in [0.1, 0.15) is 53.9 Å². The standard InChI is InChI=1S/C15H35N3O2S/c1-6-18(7-2)12-8-10-15(5)17-21(19,20)13-9-11-16-14(3)4/h14-17H,6-13H2,1-5H3. The third-order valence-electron chi connectivity index (χ3n) is 3.53. The summed E-state index contributed by atoms with van der Waals surface area (Å²) in [5.74, 6) is 0.201. The molecule has 0 aliphatic carbocycles. The van der Waals surface area contributed by atoms with E-state index in [1.54, 1.807) is 0 Å². The third-order valence-corrected chi connectivity index (χ3v) is 5.12. The molecule has 0 rings (SSSR count). The Morgan fingerprint density at radius 1 is 1.05 bits per heavy atom. The highest BCUT2D eigenvalue weighted by Crippen LogP contribution is 2.02. The van der Waals surface area contributed by atoms with Crippen molar-refractivity contribution >= 4 is 10.0 Å². The summed E-state index contributed by atoms with van der Waals surface area (Å²) >= 11 is 0. The van der Waals surface area contributed by atoms with Crippen molar-refractivity contribution in [3.05, 3.63) is 0 Å². The highest BCUT2D eigenvalue weighted by molar-refractivity contribution is 7.89. The zero-order valence-corrected chi connectivity index (χ0v) is 15.3. The Balaban J connectivity index is 3.87. The van der Waals surface area contributed by atoms with Crippen molar-refractivity contribution in [2.75, 3.05) is 31.9 Å². The van der Waals surface area contributed by atoms with E-state index in [2.05, 4.69) is 42.6 Å². The van der Waals surface area contributed by atoms with Gasteiger partial charge in [-0.3, -0.25) is 0 Å². The van der Waals surface area contributed by atoms with Crippen molar-refractivity contribution in [3.63, 3.8) is 0 Å². The molecule has 0 fully saturated rings. The maximum absolute atomic E-state index is 11.9. The van der Waals surface area contributed by atoms with Crippen molar-refractivity contribution in [1.82, 2.24) is 14.9 Å². The molecule has 0 saturated carbocycles. The lowest BCUT2D eigenvalue weighted by molar-refractivity contribution is 0.293. The van der Waals surface area contributed by atoms with E-state index in [-0.39, 0.29) is 11.8 Å². The molecule has 0 radical (unpaired) electrons. The number of hydrogen-bond donors (Lipinski definition) is 2. The molecule has 0 aliphatic heterocycles. The van der Waals surface area contributed by atoms with Crippen molar-refractivity contribution < 1.29 is 8.42 Å². The molecule has 0 heterocycles. The van der Waals surface area contributed by atoms with Gasteiger partial charge in [-0.1, -0.05) is 27.7 Å². The molecule has 2 N–H and O–H groups in total. The first kappa shape index (κ1) is 20.8. The minimum absolute atomic E-state index is 0.0172. The number of sulfonamides is 1. The largest absolute Gasteiger partial charge is 0.314 e. The highest BCUT2D eigenvalue weighted by Gasteiger charge is 2.14. The summed E-state index contributed by atoms with van der Waals surface area (Å²) in [5, 5.41) is 3.23. The molecular weight excluding hydrogens is 286 g/mol. The van der Waals surface area contributed by atoms with Gasteiger partial charge in [0.1, 0.15) is 0 Å². The van der Waals surface area contributed by atoms with Gasteiger partial charge < -0.3 is 10.2 Å². The second-order valence-corrected chi connectivity index (χ2v) is 7.84. The Bertz CT molecular complexity index is 341. The van der Waals surface area contributed by atoms with E-state index in [4.69, 9.17) is 0 Å². The first-order valence-electron chi connectivity index (χ1n) is 8.26. The smallest absolute Gasteiger partial charge is 0.211 e. The highest BCUT2D eigenvalue weighted by atomic mass is 32.2. The molecule has 128 valence electrons. The molecular formula is C15H35N3O2S. The van der Waals surface area contributed by atoms with Crippen LogP contribution >= 0.6 is 0 Å². The van der Waals surface area contributed by atoms with Gasteiger partial charge >= 0.3 is 0 Å². The molecule has 0 aromatic heterocycles. The van der Waals surface area contributed by atoms with Crippen LogP contribution in [0.25, 0.3) is 0 Å². The van der Waals surface area contributed by atoms with Crippen molar-refractivity contribution in [2.45, 2.75) is 66.0 Å². The second kappa shape index (κ2) is 11.4.